The fourth-order valence-electron chi connectivity index (χ4n) is 2.23. The molecule has 1 aromatic rings. The molecule has 114 valence electrons. The Hall–Kier alpha value is -0.310. The number of anilines is 1. The van der Waals surface area contributed by atoms with E-state index in [-0.39, 0.29) is 0 Å². The van der Waals surface area contributed by atoms with Gasteiger partial charge in [-0.25, -0.2) is 13.4 Å². The van der Waals surface area contributed by atoms with Crippen LogP contribution in [0.3, 0.4) is 0 Å². The van der Waals surface area contributed by atoms with Crippen LogP contribution in [0.1, 0.15) is 30.3 Å². The second-order valence-electron chi connectivity index (χ2n) is 5.22. The number of hydrogen-bond acceptors (Lipinski definition) is 7. The van der Waals surface area contributed by atoms with Gasteiger partial charge in [-0.15, -0.1) is 11.3 Å². The summed E-state index contributed by atoms with van der Waals surface area (Å²) in [5.74, 6) is 1.84. The summed E-state index contributed by atoms with van der Waals surface area (Å²) in [4.78, 5) is 7.65. The predicted molar refractivity (Wildman–Crippen MR) is 87.4 cm³/mol. The van der Waals surface area contributed by atoms with E-state index in [0.29, 0.717) is 18.2 Å². The van der Waals surface area contributed by atoms with E-state index in [1.165, 1.54) is 17.6 Å². The molecular weight excluding hydrogens is 314 g/mol. The van der Waals surface area contributed by atoms with E-state index in [0.717, 1.165) is 28.0 Å². The fraction of sp³-hybridized carbons (Fsp3) is 0.750. The fourth-order valence-corrected chi connectivity index (χ4v) is 6.28. The lowest BCUT2D eigenvalue weighted by Crippen LogP contribution is -2.47. The highest BCUT2D eigenvalue weighted by atomic mass is 32.2. The van der Waals surface area contributed by atoms with Crippen molar-refractivity contribution in [1.82, 2.24) is 4.98 Å². The molecule has 0 aromatic carbocycles. The zero-order valence-corrected chi connectivity index (χ0v) is 14.4. The van der Waals surface area contributed by atoms with E-state index in [9.17, 15) is 8.42 Å². The number of sulfone groups is 1. The van der Waals surface area contributed by atoms with Crippen molar-refractivity contribution in [2.75, 3.05) is 29.2 Å². The molecule has 0 saturated carbocycles. The van der Waals surface area contributed by atoms with Gasteiger partial charge in [0.1, 0.15) is 5.37 Å². The number of thioether (sulfide) groups is 1. The molecule has 2 rings (SSSR count). The highest BCUT2D eigenvalue weighted by Crippen LogP contribution is 2.34. The third-order valence-electron chi connectivity index (χ3n) is 3.27. The van der Waals surface area contributed by atoms with Crippen molar-refractivity contribution in [1.29, 1.82) is 0 Å². The third-order valence-corrected chi connectivity index (χ3v) is 7.05. The monoisotopic (exact) mass is 335 g/mol. The summed E-state index contributed by atoms with van der Waals surface area (Å²) in [6, 6.07) is 0. The number of hydrogen-bond donors (Lipinski definition) is 1. The van der Waals surface area contributed by atoms with Crippen LogP contribution in [0.25, 0.3) is 0 Å². The maximum absolute atomic E-state index is 12.0. The molecule has 8 heteroatoms. The second kappa shape index (κ2) is 6.21. The lowest BCUT2D eigenvalue weighted by Gasteiger charge is -2.33. The van der Waals surface area contributed by atoms with Crippen LogP contribution < -0.4 is 10.6 Å². The van der Waals surface area contributed by atoms with Gasteiger partial charge in [-0.1, -0.05) is 13.8 Å². The molecule has 20 heavy (non-hydrogen) atoms. The van der Waals surface area contributed by atoms with Gasteiger partial charge in [-0.3, -0.25) is 0 Å². The van der Waals surface area contributed by atoms with E-state index in [1.807, 2.05) is 4.90 Å². The lowest BCUT2D eigenvalue weighted by molar-refractivity contribution is 0.584. The van der Waals surface area contributed by atoms with Crippen LogP contribution in [0.5, 0.6) is 0 Å². The Kier molecular flexibility index (Phi) is 4.99. The van der Waals surface area contributed by atoms with Crippen LogP contribution in [-0.4, -0.2) is 43.1 Å². The molecule has 5 nitrogen and oxygen atoms in total. The minimum atomic E-state index is -3.11. The quantitative estimate of drug-likeness (QED) is 0.901. The topological polar surface area (TPSA) is 76.3 Å². The maximum Gasteiger partial charge on any atom is 0.186 e. The molecule has 2 N–H and O–H groups in total. The number of thiazole rings is 1. The summed E-state index contributed by atoms with van der Waals surface area (Å²) in [7, 11) is -3.11. The first kappa shape index (κ1) is 16.1. The smallest absolute Gasteiger partial charge is 0.186 e. The summed E-state index contributed by atoms with van der Waals surface area (Å²) >= 11 is 3.21. The Bertz CT molecular complexity index is 569. The van der Waals surface area contributed by atoms with Crippen molar-refractivity contribution in [2.45, 2.75) is 31.7 Å². The third kappa shape index (κ3) is 3.29. The molecule has 1 aliphatic rings. The van der Waals surface area contributed by atoms with Crippen LogP contribution in [0, 0.1) is 0 Å². The van der Waals surface area contributed by atoms with Crippen molar-refractivity contribution < 1.29 is 8.42 Å². The molecule has 0 radical (unpaired) electrons. The number of nitrogens with zero attached hydrogens (tertiary/aromatic N) is 2. The van der Waals surface area contributed by atoms with E-state index < -0.39 is 15.2 Å². The van der Waals surface area contributed by atoms with Gasteiger partial charge < -0.3 is 10.6 Å². The summed E-state index contributed by atoms with van der Waals surface area (Å²) in [6.45, 7) is 5.34. The minimum absolute atomic E-state index is 0.300. The molecular formula is C12H21N3O2S3. The Morgan fingerprint density at radius 3 is 2.70 bits per heavy atom. The van der Waals surface area contributed by atoms with Crippen LogP contribution in [0.15, 0.2) is 0 Å². The average Bonchev–Trinajstić information content (AvgIpc) is 2.82. The van der Waals surface area contributed by atoms with Crippen molar-refractivity contribution in [3.63, 3.8) is 0 Å². The summed E-state index contributed by atoms with van der Waals surface area (Å²) in [5.41, 5.74) is 6.78. The van der Waals surface area contributed by atoms with Crippen LogP contribution in [-0.2, 0) is 16.4 Å². The Balaban J connectivity index is 2.38. The first-order valence-corrected chi connectivity index (χ1v) is 10.5. The number of aromatic nitrogens is 1. The molecule has 1 atom stereocenters. The average molecular weight is 336 g/mol. The van der Waals surface area contributed by atoms with Crippen molar-refractivity contribution in [3.8, 4) is 0 Å². The standard InChI is InChI=1S/C12H21N3O2S3/c1-8(2)11-9(6-13)19-12(14-11)15-4-5-18-7-10(15)20(3,16)17/h8,10H,4-7,13H2,1-3H3. The van der Waals surface area contributed by atoms with Crippen LogP contribution in [0.4, 0.5) is 5.13 Å². The molecule has 0 amide bonds. The van der Waals surface area contributed by atoms with Gasteiger partial charge in [-0.05, 0) is 5.92 Å². The number of nitrogens with two attached hydrogens (primary N) is 1. The van der Waals surface area contributed by atoms with Gasteiger partial charge in [0, 0.05) is 35.7 Å². The van der Waals surface area contributed by atoms with Gasteiger partial charge in [0.15, 0.2) is 15.0 Å². The first-order valence-electron chi connectivity index (χ1n) is 6.57. The zero-order valence-electron chi connectivity index (χ0n) is 12.0. The van der Waals surface area contributed by atoms with E-state index in [4.69, 9.17) is 5.73 Å². The molecule has 0 bridgehead atoms. The minimum Gasteiger partial charge on any atom is -0.329 e. The summed E-state index contributed by atoms with van der Waals surface area (Å²) in [6.07, 6.45) is 1.30. The molecule has 0 spiro atoms. The van der Waals surface area contributed by atoms with Gasteiger partial charge in [0.25, 0.3) is 0 Å². The highest BCUT2D eigenvalue weighted by Gasteiger charge is 2.33. The van der Waals surface area contributed by atoms with E-state index in [2.05, 4.69) is 18.8 Å². The van der Waals surface area contributed by atoms with Crippen LogP contribution >= 0.6 is 23.1 Å². The molecule has 1 aromatic heterocycles. The summed E-state index contributed by atoms with van der Waals surface area (Å²) in [5, 5.41) is 0.322. The highest BCUT2D eigenvalue weighted by molar-refractivity contribution is 8.01. The molecule has 0 aliphatic carbocycles. The van der Waals surface area contributed by atoms with Crippen molar-refractivity contribution >= 4 is 38.1 Å². The van der Waals surface area contributed by atoms with E-state index in [1.54, 1.807) is 11.8 Å². The van der Waals surface area contributed by atoms with Crippen LogP contribution in [0.2, 0.25) is 0 Å². The van der Waals surface area contributed by atoms with Crippen molar-refractivity contribution in [2.24, 2.45) is 5.73 Å². The zero-order chi connectivity index (χ0) is 14.9. The van der Waals surface area contributed by atoms with Gasteiger partial charge in [0.2, 0.25) is 0 Å². The lowest BCUT2D eigenvalue weighted by atomic mass is 10.1. The first-order chi connectivity index (χ1) is 9.34. The maximum atomic E-state index is 12.0. The predicted octanol–water partition coefficient (Wildman–Crippen LogP) is 1.65. The molecule has 1 saturated heterocycles. The van der Waals surface area contributed by atoms with Gasteiger partial charge >= 0.3 is 0 Å². The molecule has 2 heterocycles. The molecule has 1 unspecified atom stereocenters. The Morgan fingerprint density at radius 1 is 1.50 bits per heavy atom. The summed E-state index contributed by atoms with van der Waals surface area (Å²) < 4.78 is 23.9. The van der Waals surface area contributed by atoms with E-state index >= 15 is 0 Å². The van der Waals surface area contributed by atoms with Gasteiger partial charge in [0.05, 0.1) is 5.69 Å². The largest absolute Gasteiger partial charge is 0.329 e. The molecule has 1 fully saturated rings. The Morgan fingerprint density at radius 2 is 2.20 bits per heavy atom. The SMILES string of the molecule is CC(C)c1nc(N2CCSCC2S(C)(=O)=O)sc1CN. The van der Waals surface area contributed by atoms with Crippen molar-refractivity contribution in [3.05, 3.63) is 10.6 Å². The Labute approximate surface area is 128 Å². The van der Waals surface area contributed by atoms with Gasteiger partial charge in [-0.2, -0.15) is 11.8 Å². The second-order valence-corrected chi connectivity index (χ2v) is 9.63. The normalized spacial score (nSPS) is 20.6. The molecule has 1 aliphatic heterocycles. The number of rotatable bonds is 4.